The second-order valence-electron chi connectivity index (χ2n) is 7.18. The molecule has 1 atom stereocenters. The van der Waals surface area contributed by atoms with Gasteiger partial charge >= 0.3 is 5.97 Å². The summed E-state index contributed by atoms with van der Waals surface area (Å²) in [7, 11) is -2.42. The molecule has 0 fully saturated rings. The molecule has 3 rings (SSSR count). The molecule has 0 radical (unpaired) electrons. The highest BCUT2D eigenvalue weighted by molar-refractivity contribution is 7.89. The van der Waals surface area contributed by atoms with Crippen LogP contribution >= 0.6 is 0 Å². The van der Waals surface area contributed by atoms with Crippen molar-refractivity contribution in [2.45, 2.75) is 17.5 Å². The number of carbonyl (C=O) groups excluding carboxylic acids is 1. The Kier molecular flexibility index (Phi) is 7.10. The highest BCUT2D eigenvalue weighted by atomic mass is 32.2. The van der Waals surface area contributed by atoms with Gasteiger partial charge in [0.05, 0.1) is 4.90 Å². The van der Waals surface area contributed by atoms with E-state index in [0.717, 1.165) is 16.4 Å². The number of nitrogens with two attached hydrogens (primary N) is 1. The van der Waals surface area contributed by atoms with Crippen LogP contribution in [0.2, 0.25) is 0 Å². The Bertz CT molecular complexity index is 1260. The summed E-state index contributed by atoms with van der Waals surface area (Å²) < 4.78 is 45.1. The summed E-state index contributed by atoms with van der Waals surface area (Å²) in [4.78, 5) is 23.1. The summed E-state index contributed by atoms with van der Waals surface area (Å²) in [6.07, 6.45) is -1.38. The van der Waals surface area contributed by atoms with Crippen molar-refractivity contribution in [2.24, 2.45) is 5.73 Å². The van der Waals surface area contributed by atoms with Crippen molar-refractivity contribution in [3.05, 3.63) is 95.3 Å². The number of sulfonamides is 1. The second kappa shape index (κ2) is 9.80. The molecule has 1 unspecified atom stereocenters. The van der Waals surface area contributed by atoms with E-state index in [0.29, 0.717) is 5.56 Å². The SMILES string of the molecule is CN(Cc1ccc(OC(C(=O)O)c2cccc(C(N)=O)c2)cc1)S(=O)(=O)c1ccc(F)cc1. The largest absolute Gasteiger partial charge is 0.478 e. The Morgan fingerprint density at radius 3 is 2.27 bits per heavy atom. The standard InChI is InChI=1S/C23H21FN2O6S/c1-26(33(30,31)20-11-7-18(24)8-12-20)14-15-5-9-19(10-6-15)32-21(23(28)29)16-3-2-4-17(13-16)22(25)27/h2-13,21H,14H2,1H3,(H2,25,27)(H,28,29). The molecule has 3 N–H and O–H groups in total. The number of carboxylic acids is 1. The summed E-state index contributed by atoms with van der Waals surface area (Å²) in [6, 6.07) is 16.6. The summed E-state index contributed by atoms with van der Waals surface area (Å²) in [5, 5.41) is 9.57. The molecule has 0 spiro atoms. The predicted molar refractivity (Wildman–Crippen MR) is 117 cm³/mol. The lowest BCUT2D eigenvalue weighted by atomic mass is 10.1. The molecule has 0 heterocycles. The molecule has 0 aromatic heterocycles. The smallest absolute Gasteiger partial charge is 0.349 e. The van der Waals surface area contributed by atoms with Crippen LogP contribution < -0.4 is 10.5 Å². The van der Waals surface area contributed by atoms with E-state index in [1.165, 1.54) is 55.6 Å². The maximum atomic E-state index is 13.1. The molecule has 3 aromatic carbocycles. The molecule has 0 aliphatic heterocycles. The van der Waals surface area contributed by atoms with Crippen molar-refractivity contribution in [3.8, 4) is 5.75 Å². The molecule has 0 aliphatic carbocycles. The number of rotatable bonds is 9. The van der Waals surface area contributed by atoms with Gasteiger partial charge in [-0.15, -0.1) is 0 Å². The number of nitrogens with zero attached hydrogens (tertiary/aromatic N) is 1. The van der Waals surface area contributed by atoms with Gasteiger partial charge in [-0.1, -0.05) is 24.3 Å². The zero-order chi connectivity index (χ0) is 24.2. The van der Waals surface area contributed by atoms with Crippen LogP contribution in [0.15, 0.2) is 77.7 Å². The maximum Gasteiger partial charge on any atom is 0.349 e. The van der Waals surface area contributed by atoms with Gasteiger partial charge in [-0.2, -0.15) is 4.31 Å². The van der Waals surface area contributed by atoms with E-state index in [4.69, 9.17) is 10.5 Å². The van der Waals surface area contributed by atoms with Crippen LogP contribution in [0, 0.1) is 5.82 Å². The average molecular weight is 472 g/mol. The Morgan fingerprint density at radius 2 is 1.70 bits per heavy atom. The van der Waals surface area contributed by atoms with E-state index >= 15 is 0 Å². The van der Waals surface area contributed by atoms with Crippen molar-refractivity contribution >= 4 is 21.9 Å². The molecular formula is C23H21FN2O6S. The number of amides is 1. The van der Waals surface area contributed by atoms with Crippen LogP contribution in [0.4, 0.5) is 4.39 Å². The summed E-state index contributed by atoms with van der Waals surface area (Å²) in [5.74, 6) is -2.25. The minimum Gasteiger partial charge on any atom is -0.478 e. The van der Waals surface area contributed by atoms with Gasteiger partial charge in [0, 0.05) is 24.7 Å². The lowest BCUT2D eigenvalue weighted by Crippen LogP contribution is -2.26. The molecule has 8 nitrogen and oxygen atoms in total. The van der Waals surface area contributed by atoms with E-state index in [9.17, 15) is 27.5 Å². The van der Waals surface area contributed by atoms with Gasteiger partial charge < -0.3 is 15.6 Å². The van der Waals surface area contributed by atoms with Gasteiger partial charge in [-0.3, -0.25) is 4.79 Å². The molecule has 3 aromatic rings. The van der Waals surface area contributed by atoms with Crippen molar-refractivity contribution in [2.75, 3.05) is 7.05 Å². The Morgan fingerprint density at radius 1 is 1.06 bits per heavy atom. The third-order valence-electron chi connectivity index (χ3n) is 4.80. The van der Waals surface area contributed by atoms with Gasteiger partial charge in [0.1, 0.15) is 11.6 Å². The van der Waals surface area contributed by atoms with Crippen LogP contribution in [0.1, 0.15) is 27.6 Å². The van der Waals surface area contributed by atoms with Gasteiger partial charge in [0.25, 0.3) is 0 Å². The zero-order valence-electron chi connectivity index (χ0n) is 17.5. The first kappa shape index (κ1) is 23.9. The molecule has 33 heavy (non-hydrogen) atoms. The van der Waals surface area contributed by atoms with Gasteiger partial charge in [-0.05, 0) is 54.1 Å². The number of carbonyl (C=O) groups is 2. The van der Waals surface area contributed by atoms with Gasteiger partial charge in [-0.25, -0.2) is 17.6 Å². The van der Waals surface area contributed by atoms with Crippen LogP contribution in [0.3, 0.4) is 0 Å². The molecule has 1 amide bonds. The number of aliphatic carboxylic acids is 1. The van der Waals surface area contributed by atoms with Gasteiger partial charge in [0.15, 0.2) is 0 Å². The monoisotopic (exact) mass is 472 g/mol. The van der Waals surface area contributed by atoms with E-state index in [1.54, 1.807) is 12.1 Å². The van der Waals surface area contributed by atoms with Gasteiger partial charge in [0.2, 0.25) is 22.0 Å². The first-order valence-corrected chi connectivity index (χ1v) is 11.1. The fraction of sp³-hybridized carbons (Fsp3) is 0.130. The minimum atomic E-state index is -3.82. The fourth-order valence-corrected chi connectivity index (χ4v) is 4.21. The number of carboxylic acid groups (broad SMARTS) is 1. The van der Waals surface area contributed by atoms with Crippen molar-refractivity contribution in [3.63, 3.8) is 0 Å². The third-order valence-corrected chi connectivity index (χ3v) is 6.62. The van der Waals surface area contributed by atoms with Crippen LogP contribution in [-0.4, -0.2) is 36.8 Å². The average Bonchev–Trinajstić information content (AvgIpc) is 2.78. The molecular weight excluding hydrogens is 451 g/mol. The first-order chi connectivity index (χ1) is 15.6. The van der Waals surface area contributed by atoms with Crippen LogP contribution in [0.5, 0.6) is 5.75 Å². The quantitative estimate of drug-likeness (QED) is 0.493. The lowest BCUT2D eigenvalue weighted by molar-refractivity contribution is -0.145. The number of primary amides is 1. The Hall–Kier alpha value is -3.76. The maximum absolute atomic E-state index is 13.1. The van der Waals surface area contributed by atoms with Crippen LogP contribution in [-0.2, 0) is 21.4 Å². The van der Waals surface area contributed by atoms with Crippen molar-refractivity contribution in [1.29, 1.82) is 0 Å². The Labute approximate surface area is 190 Å². The number of hydrogen-bond acceptors (Lipinski definition) is 5. The van der Waals surface area contributed by atoms with Crippen molar-refractivity contribution in [1.82, 2.24) is 4.31 Å². The second-order valence-corrected chi connectivity index (χ2v) is 9.23. The summed E-state index contributed by atoms with van der Waals surface area (Å²) in [6.45, 7) is 0.0308. The molecule has 0 saturated carbocycles. The molecule has 0 aliphatic rings. The number of halogens is 1. The fourth-order valence-electron chi connectivity index (χ4n) is 3.05. The third kappa shape index (κ3) is 5.73. The number of ether oxygens (including phenoxy) is 1. The summed E-state index contributed by atoms with van der Waals surface area (Å²) >= 11 is 0. The Balaban J connectivity index is 1.73. The highest BCUT2D eigenvalue weighted by Crippen LogP contribution is 2.25. The summed E-state index contributed by atoms with van der Waals surface area (Å²) in [5.41, 5.74) is 6.27. The zero-order valence-corrected chi connectivity index (χ0v) is 18.3. The topological polar surface area (TPSA) is 127 Å². The van der Waals surface area contributed by atoms with Crippen LogP contribution in [0.25, 0.3) is 0 Å². The van der Waals surface area contributed by atoms with Crippen molar-refractivity contribution < 1.29 is 32.2 Å². The predicted octanol–water partition coefficient (Wildman–Crippen LogP) is 2.95. The normalized spacial score (nSPS) is 12.3. The number of hydrogen-bond donors (Lipinski definition) is 2. The number of benzene rings is 3. The molecule has 0 bridgehead atoms. The van der Waals surface area contributed by atoms with E-state index in [-0.39, 0.29) is 28.3 Å². The van der Waals surface area contributed by atoms with E-state index < -0.39 is 33.8 Å². The first-order valence-electron chi connectivity index (χ1n) is 9.68. The highest BCUT2D eigenvalue weighted by Gasteiger charge is 2.24. The lowest BCUT2D eigenvalue weighted by Gasteiger charge is -2.18. The molecule has 0 saturated heterocycles. The minimum absolute atomic E-state index is 0.0308. The molecule has 10 heteroatoms. The molecule has 172 valence electrons. The van der Waals surface area contributed by atoms with E-state index in [1.807, 2.05) is 0 Å². The van der Waals surface area contributed by atoms with E-state index in [2.05, 4.69) is 0 Å².